The number of sulfonamides is 1. The van der Waals surface area contributed by atoms with Crippen LogP contribution < -0.4 is 19.7 Å². The molecule has 0 aromatic heterocycles. The van der Waals surface area contributed by atoms with Gasteiger partial charge in [-0.05, 0) is 123 Å². The molecule has 0 radical (unpaired) electrons. The quantitative estimate of drug-likeness (QED) is 0.265. The molecule has 1 fully saturated rings. The lowest BCUT2D eigenvalue weighted by Crippen LogP contribution is -2.53. The largest absolute Gasteiger partial charge is 0.490 e. The van der Waals surface area contributed by atoms with Gasteiger partial charge in [-0.1, -0.05) is 36.7 Å². The molecule has 2 bridgehead atoms. The highest BCUT2D eigenvalue weighted by atomic mass is 35.5. The second kappa shape index (κ2) is 15.3. The molecule has 52 heavy (non-hydrogen) atoms. The number of allylic oxidation sites excluding steroid dienone is 1. The summed E-state index contributed by atoms with van der Waals surface area (Å²) in [5, 5.41) is 11.3. The highest BCUT2D eigenvalue weighted by molar-refractivity contribution is 7.90. The monoisotopic (exact) mass is 749 g/mol. The molecular formula is C40H52ClN5O5S. The zero-order valence-electron chi connectivity index (χ0n) is 30.6. The van der Waals surface area contributed by atoms with Crippen LogP contribution >= 0.6 is 11.6 Å². The van der Waals surface area contributed by atoms with Crippen LogP contribution in [0, 0.1) is 17.8 Å². The first-order valence-corrected chi connectivity index (χ1v) is 20.8. The van der Waals surface area contributed by atoms with Crippen LogP contribution in [-0.2, 0) is 37.9 Å². The number of aldehydes is 1. The third-order valence-electron chi connectivity index (χ3n) is 12.5. The molecule has 2 aliphatic carbocycles. The molecule has 2 aromatic carbocycles. The van der Waals surface area contributed by atoms with Crippen molar-refractivity contribution in [3.8, 4) is 5.75 Å². The maximum absolute atomic E-state index is 13.3. The Morgan fingerprint density at radius 3 is 2.75 bits per heavy atom. The van der Waals surface area contributed by atoms with Crippen LogP contribution in [0.2, 0.25) is 5.02 Å². The predicted octanol–water partition coefficient (Wildman–Crippen LogP) is 6.53. The van der Waals surface area contributed by atoms with Gasteiger partial charge in [0.05, 0.1) is 29.8 Å². The maximum Gasteiger partial charge on any atom is 0.214 e. The fourth-order valence-corrected chi connectivity index (χ4v) is 10.5. The third-order valence-corrected chi connectivity index (χ3v) is 14.7. The normalized spacial score (nSPS) is 32.9. The topological polar surface area (TPSA) is 122 Å². The van der Waals surface area contributed by atoms with Crippen LogP contribution in [-0.4, -0.2) is 72.0 Å². The number of fused-ring (bicyclic) bond motifs is 4. The first-order valence-electron chi connectivity index (χ1n) is 18.8. The van der Waals surface area contributed by atoms with Crippen molar-refractivity contribution in [3.05, 3.63) is 81.5 Å². The Hall–Kier alpha value is -3.09. The van der Waals surface area contributed by atoms with Gasteiger partial charge in [-0.3, -0.25) is 4.79 Å². The van der Waals surface area contributed by atoms with Crippen LogP contribution in [0.1, 0.15) is 69.1 Å². The van der Waals surface area contributed by atoms with Gasteiger partial charge in [0.15, 0.2) is 6.29 Å². The number of rotatable bonds is 2. The van der Waals surface area contributed by atoms with E-state index in [9.17, 15) is 13.2 Å². The zero-order chi connectivity index (χ0) is 36.5. The van der Waals surface area contributed by atoms with Crippen molar-refractivity contribution in [2.75, 3.05) is 51.3 Å². The second-order valence-electron chi connectivity index (χ2n) is 15.6. The van der Waals surface area contributed by atoms with Gasteiger partial charge in [0, 0.05) is 49.6 Å². The highest BCUT2D eigenvalue weighted by Crippen LogP contribution is 2.48. The molecule has 280 valence electrons. The van der Waals surface area contributed by atoms with E-state index in [1.807, 2.05) is 37.3 Å². The van der Waals surface area contributed by atoms with Gasteiger partial charge < -0.3 is 19.7 Å². The molecule has 1 saturated carbocycles. The minimum absolute atomic E-state index is 0.0292. The SMILES string of the molecule is C1CC2=C(CN1)N=NC2.CO[C@@]1(C=O)/C=C/C[C@H](C)[C@@H](C)S(=O)(=O)NCc2ccc3c(c2)N(C[C@@H]2CC[C@H]21)C[C@@]1(CCCc2cc(Cl)ccc21)CO3. The number of nitrogens with one attached hydrogen (secondary N) is 2. The molecule has 2 aromatic rings. The van der Waals surface area contributed by atoms with E-state index >= 15 is 0 Å². The number of azo groups is 1. The number of ether oxygens (including phenoxy) is 2. The van der Waals surface area contributed by atoms with Gasteiger partial charge in [-0.25, -0.2) is 13.1 Å². The van der Waals surface area contributed by atoms with Crippen molar-refractivity contribution in [2.45, 2.75) is 81.6 Å². The van der Waals surface area contributed by atoms with Crippen LogP contribution in [0.3, 0.4) is 0 Å². The van der Waals surface area contributed by atoms with Crippen LogP contribution in [0.5, 0.6) is 5.75 Å². The summed E-state index contributed by atoms with van der Waals surface area (Å²) in [7, 11) is -1.97. The molecule has 10 nitrogen and oxygen atoms in total. The van der Waals surface area contributed by atoms with Crippen molar-refractivity contribution in [1.29, 1.82) is 0 Å². The summed E-state index contributed by atoms with van der Waals surface area (Å²) in [6, 6.07) is 12.3. The van der Waals surface area contributed by atoms with Gasteiger partial charge >= 0.3 is 0 Å². The van der Waals surface area contributed by atoms with Gasteiger partial charge in [0.25, 0.3) is 0 Å². The first kappa shape index (κ1) is 37.2. The lowest BCUT2D eigenvalue weighted by Gasteiger charge is -2.48. The molecule has 2 N–H and O–H groups in total. The minimum atomic E-state index is -3.58. The number of hydrogen-bond donors (Lipinski definition) is 2. The van der Waals surface area contributed by atoms with Crippen molar-refractivity contribution in [3.63, 3.8) is 0 Å². The Kier molecular flexibility index (Phi) is 11.0. The van der Waals surface area contributed by atoms with Gasteiger partial charge in [-0.2, -0.15) is 10.2 Å². The van der Waals surface area contributed by atoms with Gasteiger partial charge in [-0.15, -0.1) is 0 Å². The molecule has 0 amide bonds. The Bertz CT molecular complexity index is 1870. The average Bonchev–Trinajstić information content (AvgIpc) is 3.57. The number of anilines is 1. The molecule has 12 heteroatoms. The molecule has 6 atom stereocenters. The summed E-state index contributed by atoms with van der Waals surface area (Å²) in [4.78, 5) is 15.1. The summed E-state index contributed by atoms with van der Waals surface area (Å²) in [5.74, 6) is 0.941. The van der Waals surface area contributed by atoms with E-state index in [0.717, 1.165) is 99.6 Å². The molecule has 4 heterocycles. The van der Waals surface area contributed by atoms with Crippen molar-refractivity contribution >= 4 is 33.6 Å². The van der Waals surface area contributed by atoms with E-state index in [2.05, 4.69) is 43.4 Å². The van der Waals surface area contributed by atoms with E-state index in [1.165, 1.54) is 22.4 Å². The fourth-order valence-electron chi connectivity index (χ4n) is 8.93. The fraction of sp³-hybridized carbons (Fsp3) is 0.575. The molecule has 4 aliphatic heterocycles. The van der Waals surface area contributed by atoms with E-state index in [-0.39, 0.29) is 29.7 Å². The summed E-state index contributed by atoms with van der Waals surface area (Å²) < 4.78 is 42.0. The predicted molar refractivity (Wildman–Crippen MR) is 205 cm³/mol. The maximum atomic E-state index is 13.3. The van der Waals surface area contributed by atoms with Crippen LogP contribution in [0.4, 0.5) is 5.69 Å². The molecule has 0 unspecified atom stereocenters. The number of carbonyl (C=O) groups is 1. The van der Waals surface area contributed by atoms with Crippen molar-refractivity contribution in [1.82, 2.24) is 10.0 Å². The number of methoxy groups -OCH3 is 1. The number of carbonyl (C=O) groups excluding carboxylic acids is 1. The van der Waals surface area contributed by atoms with E-state index in [4.69, 9.17) is 21.1 Å². The summed E-state index contributed by atoms with van der Waals surface area (Å²) in [6.07, 6.45) is 11.4. The molecule has 0 saturated heterocycles. The molecule has 1 spiro atoms. The second-order valence-corrected chi connectivity index (χ2v) is 18.1. The number of halogens is 1. The summed E-state index contributed by atoms with van der Waals surface area (Å²) >= 11 is 6.42. The number of nitrogens with zero attached hydrogens (tertiary/aromatic N) is 3. The zero-order valence-corrected chi connectivity index (χ0v) is 32.1. The number of benzene rings is 2. The van der Waals surface area contributed by atoms with E-state index < -0.39 is 20.9 Å². The highest BCUT2D eigenvalue weighted by Gasteiger charge is 2.49. The Balaban J connectivity index is 0.000000404. The van der Waals surface area contributed by atoms with Crippen molar-refractivity contribution in [2.24, 2.45) is 28.0 Å². The molecule has 8 rings (SSSR count). The lowest BCUT2D eigenvalue weighted by atomic mass is 9.64. The number of hydrogen-bond acceptors (Lipinski definition) is 9. The number of aryl methyl sites for hydroxylation is 1. The average molecular weight is 750 g/mol. The van der Waals surface area contributed by atoms with Crippen molar-refractivity contribution < 1.29 is 22.7 Å². The third kappa shape index (κ3) is 7.36. The Morgan fingerprint density at radius 1 is 1.12 bits per heavy atom. The van der Waals surface area contributed by atoms with Gasteiger partial charge in [0.2, 0.25) is 10.0 Å². The smallest absolute Gasteiger partial charge is 0.214 e. The molecular weight excluding hydrogens is 698 g/mol. The first-order chi connectivity index (χ1) is 25.1. The van der Waals surface area contributed by atoms with Gasteiger partial charge in [0.1, 0.15) is 11.4 Å². The standard InChI is InChI=1S/C34H43ClN2O5S.C6H9N3/c1-23-6-4-15-34(21-38,41-3)30-11-9-27(30)19-37-20-33(14-5-7-26-17-28(35)10-12-29(26)33)22-42-32-13-8-25(16-31(32)37)18-36-43(39,40)24(23)2;1-2-7-4-6-5(1)3-8-9-6/h4,8,10,12-13,15-17,21,23-24,27,30,36H,5-7,9,11,14,18-20,22H2,1-3H3;7H,1-4H2/b15-4+;/t23-,24+,27-,30+,33-,34+;/m0./s1. The van der Waals surface area contributed by atoms with Crippen LogP contribution in [0.25, 0.3) is 0 Å². The Labute approximate surface area is 313 Å². The summed E-state index contributed by atoms with van der Waals surface area (Å²) in [6.45, 7) is 8.85. The van der Waals surface area contributed by atoms with E-state index in [1.54, 1.807) is 14.0 Å². The lowest BCUT2D eigenvalue weighted by molar-refractivity contribution is -0.135. The van der Waals surface area contributed by atoms with E-state index in [0.29, 0.717) is 13.0 Å². The minimum Gasteiger partial charge on any atom is -0.490 e. The molecule has 6 aliphatic rings. The Morgan fingerprint density at radius 2 is 1.98 bits per heavy atom. The van der Waals surface area contributed by atoms with Crippen LogP contribution in [0.15, 0.2) is 70.0 Å². The summed E-state index contributed by atoms with van der Waals surface area (Å²) in [5.41, 5.74) is 5.80.